The predicted molar refractivity (Wildman–Crippen MR) is 63.7 cm³/mol. The zero-order chi connectivity index (χ0) is 12.3. The van der Waals surface area contributed by atoms with Crippen molar-refractivity contribution < 1.29 is 9.90 Å². The molecule has 2 rings (SSSR count). The number of aliphatic hydroxyl groups is 1. The molecule has 5 heteroatoms. The largest absolute Gasteiger partial charge is 0.391 e. The molecule has 1 amide bonds. The van der Waals surface area contributed by atoms with Crippen LogP contribution in [0.3, 0.4) is 0 Å². The number of rotatable bonds is 3. The van der Waals surface area contributed by atoms with Crippen molar-refractivity contribution in [3.05, 3.63) is 29.6 Å². The smallest absolute Gasteiger partial charge is 0.252 e. The lowest BCUT2D eigenvalue weighted by molar-refractivity contribution is 0.0926. The van der Waals surface area contributed by atoms with Crippen LogP contribution in [0.2, 0.25) is 0 Å². The number of hydrogen-bond donors (Lipinski definition) is 3. The number of β-amino-alcohol motifs (C(OH)–C–C–N with tert-alkyl or cyclic N) is 1. The summed E-state index contributed by atoms with van der Waals surface area (Å²) in [6.45, 7) is 3.73. The fourth-order valence-electron chi connectivity index (χ4n) is 1.93. The summed E-state index contributed by atoms with van der Waals surface area (Å²) < 4.78 is 0. The predicted octanol–water partition coefficient (Wildman–Crippen LogP) is -0.300. The second kappa shape index (κ2) is 5.25. The minimum atomic E-state index is -0.370. The third kappa shape index (κ3) is 3.01. The van der Waals surface area contributed by atoms with E-state index in [1.807, 2.05) is 6.92 Å². The molecule has 0 spiro atoms. The van der Waals surface area contributed by atoms with E-state index in [0.717, 1.165) is 12.1 Å². The fourth-order valence-corrected chi connectivity index (χ4v) is 1.93. The molecule has 1 aromatic rings. The maximum Gasteiger partial charge on any atom is 0.252 e. The van der Waals surface area contributed by atoms with Crippen molar-refractivity contribution in [2.75, 3.05) is 19.6 Å². The molecule has 0 radical (unpaired) electrons. The minimum absolute atomic E-state index is 0.0942. The molecule has 1 saturated heterocycles. The van der Waals surface area contributed by atoms with Crippen molar-refractivity contribution in [2.24, 2.45) is 5.92 Å². The number of aliphatic hydroxyl groups excluding tert-OH is 1. The lowest BCUT2D eigenvalue weighted by atomic mass is 10.1. The van der Waals surface area contributed by atoms with E-state index in [0.29, 0.717) is 18.7 Å². The monoisotopic (exact) mass is 235 g/mol. The van der Waals surface area contributed by atoms with Crippen LogP contribution in [0.15, 0.2) is 18.5 Å². The summed E-state index contributed by atoms with van der Waals surface area (Å²) in [5, 5.41) is 15.5. The van der Waals surface area contributed by atoms with E-state index in [4.69, 9.17) is 0 Å². The topological polar surface area (TPSA) is 74.2 Å². The third-order valence-corrected chi connectivity index (χ3v) is 2.97. The number of nitrogens with one attached hydrogen (secondary N) is 2. The van der Waals surface area contributed by atoms with Crippen molar-refractivity contribution >= 4 is 5.91 Å². The molecule has 1 fully saturated rings. The molecule has 1 aliphatic rings. The molecule has 0 aromatic carbocycles. The summed E-state index contributed by atoms with van der Waals surface area (Å²) in [4.78, 5) is 15.8. The molecule has 0 bridgehead atoms. The maximum absolute atomic E-state index is 11.8. The number of hydrogen-bond acceptors (Lipinski definition) is 4. The average Bonchev–Trinajstić information content (AvgIpc) is 2.72. The first kappa shape index (κ1) is 12.0. The second-order valence-electron chi connectivity index (χ2n) is 4.45. The van der Waals surface area contributed by atoms with Crippen LogP contribution in [0.4, 0.5) is 0 Å². The van der Waals surface area contributed by atoms with Crippen LogP contribution in [-0.4, -0.2) is 41.7 Å². The van der Waals surface area contributed by atoms with Gasteiger partial charge in [0, 0.05) is 37.9 Å². The van der Waals surface area contributed by atoms with Gasteiger partial charge in [0.1, 0.15) is 0 Å². The molecule has 92 valence electrons. The first-order valence-electron chi connectivity index (χ1n) is 5.75. The quantitative estimate of drug-likeness (QED) is 0.672. The van der Waals surface area contributed by atoms with Crippen LogP contribution in [-0.2, 0) is 0 Å². The first-order valence-corrected chi connectivity index (χ1v) is 5.75. The first-order chi connectivity index (χ1) is 8.16. The van der Waals surface area contributed by atoms with E-state index >= 15 is 0 Å². The number of aryl methyl sites for hydroxylation is 1. The highest BCUT2D eigenvalue weighted by atomic mass is 16.3. The summed E-state index contributed by atoms with van der Waals surface area (Å²) in [7, 11) is 0. The average molecular weight is 235 g/mol. The molecule has 1 aromatic heterocycles. The van der Waals surface area contributed by atoms with Crippen molar-refractivity contribution in [3.63, 3.8) is 0 Å². The Morgan fingerprint density at radius 2 is 2.41 bits per heavy atom. The maximum atomic E-state index is 11.8. The number of carbonyl (C=O) groups is 1. The normalized spacial score (nSPS) is 23.6. The summed E-state index contributed by atoms with van der Waals surface area (Å²) in [5.41, 5.74) is 1.52. The van der Waals surface area contributed by atoms with Crippen LogP contribution in [0.1, 0.15) is 15.9 Å². The zero-order valence-electron chi connectivity index (χ0n) is 9.81. The van der Waals surface area contributed by atoms with Gasteiger partial charge in [0.2, 0.25) is 0 Å². The summed E-state index contributed by atoms with van der Waals surface area (Å²) >= 11 is 0. The highest BCUT2D eigenvalue weighted by Gasteiger charge is 2.25. The standard InChI is InChI=1S/C12H17N3O2/c1-8-2-9(4-13-3-8)12(17)15-6-10-5-14-7-11(10)16/h2-4,10-11,14,16H,5-7H2,1H3,(H,15,17). The number of nitrogens with zero attached hydrogens (tertiary/aromatic N) is 1. The van der Waals surface area contributed by atoms with Gasteiger partial charge in [-0.15, -0.1) is 0 Å². The van der Waals surface area contributed by atoms with E-state index in [1.54, 1.807) is 18.5 Å². The number of carbonyl (C=O) groups excluding carboxylic acids is 1. The van der Waals surface area contributed by atoms with Crippen molar-refractivity contribution in [1.82, 2.24) is 15.6 Å². The summed E-state index contributed by atoms with van der Waals surface area (Å²) in [6, 6.07) is 1.80. The van der Waals surface area contributed by atoms with E-state index in [2.05, 4.69) is 15.6 Å². The van der Waals surface area contributed by atoms with E-state index in [9.17, 15) is 9.90 Å². The van der Waals surface area contributed by atoms with E-state index < -0.39 is 0 Å². The number of pyridine rings is 1. The SMILES string of the molecule is Cc1cncc(C(=O)NCC2CNCC2O)c1. The third-order valence-electron chi connectivity index (χ3n) is 2.97. The van der Waals surface area contributed by atoms with Gasteiger partial charge in [-0.2, -0.15) is 0 Å². The fraction of sp³-hybridized carbons (Fsp3) is 0.500. The van der Waals surface area contributed by atoms with Gasteiger partial charge in [0.25, 0.3) is 5.91 Å². The molecular weight excluding hydrogens is 218 g/mol. The highest BCUT2D eigenvalue weighted by Crippen LogP contribution is 2.08. The lowest BCUT2D eigenvalue weighted by Crippen LogP contribution is -2.34. The second-order valence-corrected chi connectivity index (χ2v) is 4.45. The van der Waals surface area contributed by atoms with Crippen LogP contribution >= 0.6 is 0 Å². The Balaban J connectivity index is 1.89. The molecule has 3 N–H and O–H groups in total. The molecule has 2 heterocycles. The van der Waals surface area contributed by atoms with Gasteiger partial charge in [-0.25, -0.2) is 0 Å². The zero-order valence-corrected chi connectivity index (χ0v) is 9.81. The molecular formula is C12H17N3O2. The lowest BCUT2D eigenvalue weighted by Gasteiger charge is -2.14. The van der Waals surface area contributed by atoms with Crippen LogP contribution < -0.4 is 10.6 Å². The van der Waals surface area contributed by atoms with Crippen LogP contribution in [0, 0.1) is 12.8 Å². The van der Waals surface area contributed by atoms with E-state index in [-0.39, 0.29) is 17.9 Å². The summed E-state index contributed by atoms with van der Waals surface area (Å²) in [5.74, 6) is -0.0444. The van der Waals surface area contributed by atoms with E-state index in [1.165, 1.54) is 0 Å². The Labute approximate surface area is 100 Å². The number of aromatic nitrogens is 1. The van der Waals surface area contributed by atoms with Crippen LogP contribution in [0.25, 0.3) is 0 Å². The molecule has 2 unspecified atom stereocenters. The minimum Gasteiger partial charge on any atom is -0.391 e. The number of amides is 1. The van der Waals surface area contributed by atoms with Crippen molar-refractivity contribution in [3.8, 4) is 0 Å². The Morgan fingerprint density at radius 1 is 1.59 bits per heavy atom. The van der Waals surface area contributed by atoms with Crippen LogP contribution in [0.5, 0.6) is 0 Å². The molecule has 1 aliphatic heterocycles. The Kier molecular flexibility index (Phi) is 3.71. The highest BCUT2D eigenvalue weighted by molar-refractivity contribution is 5.93. The molecule has 2 atom stereocenters. The van der Waals surface area contributed by atoms with Gasteiger partial charge in [0.05, 0.1) is 11.7 Å². The molecule has 17 heavy (non-hydrogen) atoms. The van der Waals surface area contributed by atoms with Gasteiger partial charge in [-0.1, -0.05) is 0 Å². The van der Waals surface area contributed by atoms with Gasteiger partial charge < -0.3 is 15.7 Å². The van der Waals surface area contributed by atoms with Crippen molar-refractivity contribution in [2.45, 2.75) is 13.0 Å². The molecule has 0 aliphatic carbocycles. The molecule has 5 nitrogen and oxygen atoms in total. The van der Waals surface area contributed by atoms with Gasteiger partial charge in [-0.05, 0) is 18.6 Å². The molecule has 0 saturated carbocycles. The Bertz CT molecular complexity index is 408. The Morgan fingerprint density at radius 3 is 3.06 bits per heavy atom. The van der Waals surface area contributed by atoms with Gasteiger partial charge >= 0.3 is 0 Å². The van der Waals surface area contributed by atoms with Gasteiger partial charge in [-0.3, -0.25) is 9.78 Å². The van der Waals surface area contributed by atoms with Gasteiger partial charge in [0.15, 0.2) is 0 Å². The summed E-state index contributed by atoms with van der Waals surface area (Å²) in [6.07, 6.45) is 2.89. The van der Waals surface area contributed by atoms with Crippen molar-refractivity contribution in [1.29, 1.82) is 0 Å². The Hall–Kier alpha value is -1.46.